The molecular weight excluding hydrogens is 506 g/mol. The second-order valence-electron chi connectivity index (χ2n) is 10.8. The second-order valence-corrected chi connectivity index (χ2v) is 12.0. The second kappa shape index (κ2) is 12.1. The fourth-order valence-electron chi connectivity index (χ4n) is 6.25. The van der Waals surface area contributed by atoms with Gasteiger partial charge in [0.05, 0.1) is 6.04 Å². The Balaban J connectivity index is 1.09. The molecule has 6 nitrogen and oxygen atoms in total. The Morgan fingerprint density at radius 3 is 2.49 bits per heavy atom. The molecule has 2 saturated heterocycles. The molecule has 3 fully saturated rings. The number of hydrogen-bond donors (Lipinski definition) is 1. The minimum atomic E-state index is -0.183. The van der Waals surface area contributed by atoms with Crippen LogP contribution in [0.2, 0.25) is 5.02 Å². The number of thiophene rings is 1. The Kier molecular flexibility index (Phi) is 8.63. The molecule has 0 radical (unpaired) electrons. The Hall–Kier alpha value is -2.22. The maximum Gasteiger partial charge on any atom is 0.232 e. The fourth-order valence-corrected chi connectivity index (χ4v) is 7.07. The first kappa shape index (κ1) is 26.4. The average molecular weight is 542 g/mol. The number of likely N-dealkylation sites (tertiary alicyclic amines) is 2. The number of nitrogens with zero attached hydrogens (tertiary/aromatic N) is 2. The monoisotopic (exact) mass is 541 g/mol. The summed E-state index contributed by atoms with van der Waals surface area (Å²) in [7, 11) is 0. The molecule has 1 saturated carbocycles. The highest BCUT2D eigenvalue weighted by atomic mass is 35.5. The lowest BCUT2D eigenvalue weighted by atomic mass is 9.74. The Bertz CT molecular complexity index is 1080. The molecule has 2 aromatic rings. The van der Waals surface area contributed by atoms with Crippen molar-refractivity contribution in [2.24, 2.45) is 17.8 Å². The van der Waals surface area contributed by atoms with Gasteiger partial charge in [-0.2, -0.15) is 11.3 Å². The molecule has 0 bridgehead atoms. The van der Waals surface area contributed by atoms with Crippen LogP contribution in [0, 0.1) is 17.8 Å². The van der Waals surface area contributed by atoms with Crippen LogP contribution in [0.5, 0.6) is 0 Å². The molecule has 2 aliphatic heterocycles. The Morgan fingerprint density at radius 1 is 1.00 bits per heavy atom. The van der Waals surface area contributed by atoms with Crippen molar-refractivity contribution in [1.82, 2.24) is 15.1 Å². The van der Waals surface area contributed by atoms with Gasteiger partial charge in [-0.25, -0.2) is 0 Å². The molecule has 1 N–H and O–H groups in total. The minimum Gasteiger partial charge on any atom is -0.345 e. The molecule has 3 aliphatic rings. The maximum absolute atomic E-state index is 13.2. The van der Waals surface area contributed by atoms with E-state index in [9.17, 15) is 14.4 Å². The normalized spacial score (nSPS) is 24.1. The maximum atomic E-state index is 13.2. The van der Waals surface area contributed by atoms with Gasteiger partial charge in [-0.1, -0.05) is 36.6 Å². The third kappa shape index (κ3) is 6.27. The summed E-state index contributed by atoms with van der Waals surface area (Å²) in [6.45, 7) is 3.08. The molecule has 0 spiro atoms. The molecule has 37 heavy (non-hydrogen) atoms. The zero-order valence-corrected chi connectivity index (χ0v) is 22.8. The summed E-state index contributed by atoms with van der Waals surface area (Å²) in [4.78, 5) is 42.6. The van der Waals surface area contributed by atoms with Gasteiger partial charge in [0.2, 0.25) is 17.7 Å². The summed E-state index contributed by atoms with van der Waals surface area (Å²) in [6.07, 6.45) is 7.17. The Morgan fingerprint density at radius 2 is 1.76 bits per heavy atom. The topological polar surface area (TPSA) is 69.7 Å². The van der Waals surface area contributed by atoms with Gasteiger partial charge in [0.25, 0.3) is 0 Å². The Labute approximate surface area is 228 Å². The number of piperidine rings is 2. The van der Waals surface area contributed by atoms with Gasteiger partial charge in [-0.3, -0.25) is 19.3 Å². The van der Waals surface area contributed by atoms with Crippen LogP contribution in [0.15, 0.2) is 41.1 Å². The summed E-state index contributed by atoms with van der Waals surface area (Å²) < 4.78 is 0. The molecule has 3 amide bonds. The van der Waals surface area contributed by atoms with Gasteiger partial charge in [-0.05, 0) is 97.7 Å². The van der Waals surface area contributed by atoms with Gasteiger partial charge in [0.15, 0.2) is 0 Å². The summed E-state index contributed by atoms with van der Waals surface area (Å²) in [6, 6.07) is 9.54. The van der Waals surface area contributed by atoms with Crippen molar-refractivity contribution in [1.29, 1.82) is 0 Å². The number of amides is 3. The number of hydrogen-bond acceptors (Lipinski definition) is 5. The van der Waals surface area contributed by atoms with Crippen LogP contribution in [-0.2, 0) is 14.4 Å². The summed E-state index contributed by atoms with van der Waals surface area (Å²) >= 11 is 7.70. The number of nitrogens with one attached hydrogen (secondary N) is 1. The van der Waals surface area contributed by atoms with E-state index in [-0.39, 0.29) is 41.5 Å². The first-order valence-electron chi connectivity index (χ1n) is 13.6. The lowest BCUT2D eigenvalue weighted by Crippen LogP contribution is -2.50. The molecule has 3 atom stereocenters. The van der Waals surface area contributed by atoms with Crippen LogP contribution in [0.25, 0.3) is 0 Å². The van der Waals surface area contributed by atoms with E-state index in [1.807, 2.05) is 29.6 Å². The van der Waals surface area contributed by atoms with Crippen molar-refractivity contribution in [3.8, 4) is 0 Å². The molecule has 1 aromatic heterocycles. The van der Waals surface area contributed by atoms with Gasteiger partial charge < -0.3 is 10.2 Å². The predicted molar refractivity (Wildman–Crippen MR) is 146 cm³/mol. The van der Waals surface area contributed by atoms with E-state index >= 15 is 0 Å². The molecule has 1 aliphatic carbocycles. The minimum absolute atomic E-state index is 0.0156. The largest absolute Gasteiger partial charge is 0.345 e. The standard InChI is InChI=1S/C29H36ClN3O3S/c30-24-8-6-20(7-9-24)27(23-12-17-37-19-23)31-28(35)21-10-15-32(16-11-21)13-3-14-33-26(34)18-22-4-1-2-5-25(22)29(33)36/h6-9,12,17,19,21-22,25,27H,1-5,10-11,13-16,18H2,(H,31,35). The number of rotatable bonds is 8. The van der Waals surface area contributed by atoms with Crippen LogP contribution in [-0.4, -0.2) is 53.7 Å². The van der Waals surface area contributed by atoms with Crippen molar-refractivity contribution < 1.29 is 14.4 Å². The van der Waals surface area contributed by atoms with Gasteiger partial charge in [-0.15, -0.1) is 0 Å². The number of carbonyl (C=O) groups excluding carboxylic acids is 3. The molecule has 198 valence electrons. The van der Waals surface area contributed by atoms with Crippen molar-refractivity contribution in [3.63, 3.8) is 0 Å². The molecule has 5 rings (SSSR count). The van der Waals surface area contributed by atoms with E-state index in [1.165, 1.54) is 4.90 Å². The summed E-state index contributed by atoms with van der Waals surface area (Å²) in [5, 5.41) is 8.07. The van der Waals surface area contributed by atoms with Crippen LogP contribution in [0.4, 0.5) is 0 Å². The van der Waals surface area contributed by atoms with Gasteiger partial charge in [0.1, 0.15) is 0 Å². The van der Waals surface area contributed by atoms with Crippen LogP contribution in [0.1, 0.15) is 68.5 Å². The first-order chi connectivity index (χ1) is 18.0. The SMILES string of the molecule is O=C(NC(c1ccc(Cl)cc1)c1ccsc1)C1CCN(CCCN2C(=O)CC3CCCCC3C2=O)CC1. The molecular formula is C29H36ClN3O3S. The summed E-state index contributed by atoms with van der Waals surface area (Å²) in [5.41, 5.74) is 2.11. The van der Waals surface area contributed by atoms with E-state index < -0.39 is 0 Å². The smallest absolute Gasteiger partial charge is 0.232 e. The number of fused-ring (bicyclic) bond motifs is 1. The third-order valence-corrected chi connectivity index (χ3v) is 9.36. The quantitative estimate of drug-likeness (QED) is 0.462. The van der Waals surface area contributed by atoms with Crippen molar-refractivity contribution in [2.75, 3.05) is 26.2 Å². The number of halogens is 1. The van der Waals surface area contributed by atoms with E-state index in [0.717, 1.165) is 75.7 Å². The molecule has 8 heteroatoms. The highest BCUT2D eigenvalue weighted by molar-refractivity contribution is 7.08. The molecule has 1 aromatic carbocycles. The van der Waals surface area contributed by atoms with E-state index in [2.05, 4.69) is 21.7 Å². The number of benzene rings is 1. The number of carbonyl (C=O) groups is 3. The summed E-state index contributed by atoms with van der Waals surface area (Å²) in [5.74, 6) is 0.498. The zero-order chi connectivity index (χ0) is 25.8. The fraction of sp³-hybridized carbons (Fsp3) is 0.552. The predicted octanol–water partition coefficient (Wildman–Crippen LogP) is 5.27. The van der Waals surface area contributed by atoms with Gasteiger partial charge in [0, 0.05) is 29.8 Å². The van der Waals surface area contributed by atoms with Crippen LogP contribution >= 0.6 is 22.9 Å². The highest BCUT2D eigenvalue weighted by Gasteiger charge is 2.41. The zero-order valence-electron chi connectivity index (χ0n) is 21.2. The van der Waals surface area contributed by atoms with E-state index in [1.54, 1.807) is 11.3 Å². The lowest BCUT2D eigenvalue weighted by molar-refractivity contribution is -0.156. The average Bonchev–Trinajstić information content (AvgIpc) is 3.45. The van der Waals surface area contributed by atoms with Crippen molar-refractivity contribution >= 4 is 40.7 Å². The van der Waals surface area contributed by atoms with Crippen molar-refractivity contribution in [2.45, 2.75) is 57.4 Å². The molecule has 3 heterocycles. The van der Waals surface area contributed by atoms with Crippen LogP contribution < -0.4 is 5.32 Å². The highest BCUT2D eigenvalue weighted by Crippen LogP contribution is 2.37. The first-order valence-corrected chi connectivity index (χ1v) is 15.0. The van der Waals surface area contributed by atoms with E-state index in [4.69, 9.17) is 11.6 Å². The molecule has 3 unspecified atom stereocenters. The van der Waals surface area contributed by atoms with Crippen molar-refractivity contribution in [3.05, 3.63) is 57.2 Å². The van der Waals surface area contributed by atoms with Crippen LogP contribution in [0.3, 0.4) is 0 Å². The lowest BCUT2D eigenvalue weighted by Gasteiger charge is -2.39. The van der Waals surface area contributed by atoms with Gasteiger partial charge >= 0.3 is 0 Å². The van der Waals surface area contributed by atoms with E-state index in [0.29, 0.717) is 18.0 Å². The number of imide groups is 1. The third-order valence-electron chi connectivity index (χ3n) is 8.41.